The van der Waals surface area contributed by atoms with E-state index in [1.165, 1.54) is 16.0 Å². The Labute approximate surface area is 141 Å². The number of thioether (sulfide) groups is 1. The van der Waals surface area contributed by atoms with Crippen LogP contribution in [0.1, 0.15) is 23.9 Å². The molecule has 7 heteroatoms. The number of nitrogens with one attached hydrogen (secondary N) is 2. The molecule has 0 amide bonds. The van der Waals surface area contributed by atoms with E-state index < -0.39 is 0 Å². The molecular formula is C16H24N6S. The fourth-order valence-electron chi connectivity index (χ4n) is 2.24. The second-order valence-electron chi connectivity index (χ2n) is 5.13. The third-order valence-corrected chi connectivity index (χ3v) is 4.38. The van der Waals surface area contributed by atoms with Gasteiger partial charge in [-0.2, -0.15) is 0 Å². The maximum absolute atomic E-state index is 4.26. The van der Waals surface area contributed by atoms with Crippen LogP contribution in [0.2, 0.25) is 0 Å². The molecule has 0 saturated heterocycles. The number of aromatic nitrogens is 3. The standard InChI is InChI=1S/C16H24N6S/c1-5-22-11-20-21-15(22)10-19-16(17-3)18-9-13-7-6-12(2)8-14(13)23-4/h6-8,11H,5,9-10H2,1-4H3,(H2,17,18,19). The molecule has 1 aromatic carbocycles. The molecule has 1 aromatic heterocycles. The first kappa shape index (κ1) is 17.3. The molecule has 0 bridgehead atoms. The van der Waals surface area contributed by atoms with Crippen LogP contribution in [0.3, 0.4) is 0 Å². The summed E-state index contributed by atoms with van der Waals surface area (Å²) in [6, 6.07) is 6.51. The number of nitrogens with zero attached hydrogens (tertiary/aromatic N) is 4. The lowest BCUT2D eigenvalue weighted by Crippen LogP contribution is -2.37. The van der Waals surface area contributed by atoms with Gasteiger partial charge in [-0.1, -0.05) is 12.1 Å². The van der Waals surface area contributed by atoms with Crippen LogP contribution >= 0.6 is 11.8 Å². The first-order chi connectivity index (χ1) is 11.2. The summed E-state index contributed by atoms with van der Waals surface area (Å²) in [5.74, 6) is 1.65. The summed E-state index contributed by atoms with van der Waals surface area (Å²) in [6.45, 7) is 6.37. The highest BCUT2D eigenvalue weighted by molar-refractivity contribution is 7.98. The Bertz CT molecular complexity index is 664. The van der Waals surface area contributed by atoms with Gasteiger partial charge in [0.2, 0.25) is 0 Å². The van der Waals surface area contributed by atoms with E-state index in [0.29, 0.717) is 6.54 Å². The molecule has 0 aliphatic carbocycles. The first-order valence-corrected chi connectivity index (χ1v) is 8.85. The van der Waals surface area contributed by atoms with Crippen molar-refractivity contribution in [1.29, 1.82) is 0 Å². The van der Waals surface area contributed by atoms with Crippen LogP contribution in [-0.4, -0.2) is 34.0 Å². The van der Waals surface area contributed by atoms with E-state index in [-0.39, 0.29) is 0 Å². The highest BCUT2D eigenvalue weighted by atomic mass is 32.2. The monoisotopic (exact) mass is 332 g/mol. The summed E-state index contributed by atoms with van der Waals surface area (Å²) in [7, 11) is 1.77. The van der Waals surface area contributed by atoms with Crippen LogP contribution in [0.5, 0.6) is 0 Å². The first-order valence-electron chi connectivity index (χ1n) is 7.62. The maximum Gasteiger partial charge on any atom is 0.191 e. The zero-order chi connectivity index (χ0) is 16.7. The summed E-state index contributed by atoms with van der Waals surface area (Å²) in [4.78, 5) is 5.55. The highest BCUT2D eigenvalue weighted by Gasteiger charge is 2.06. The Morgan fingerprint density at radius 3 is 2.78 bits per heavy atom. The van der Waals surface area contributed by atoms with Gasteiger partial charge in [0, 0.05) is 25.0 Å². The van der Waals surface area contributed by atoms with Crippen molar-refractivity contribution >= 4 is 17.7 Å². The molecule has 124 valence electrons. The van der Waals surface area contributed by atoms with Gasteiger partial charge in [0.1, 0.15) is 6.33 Å². The fourth-order valence-corrected chi connectivity index (χ4v) is 2.95. The average molecular weight is 332 g/mol. The van der Waals surface area contributed by atoms with Crippen molar-refractivity contribution in [2.75, 3.05) is 13.3 Å². The molecule has 0 aliphatic heterocycles. The molecule has 6 nitrogen and oxygen atoms in total. The van der Waals surface area contributed by atoms with E-state index in [4.69, 9.17) is 0 Å². The van der Waals surface area contributed by atoms with Gasteiger partial charge in [-0.15, -0.1) is 22.0 Å². The summed E-state index contributed by atoms with van der Waals surface area (Å²) < 4.78 is 2.01. The minimum atomic E-state index is 0.594. The van der Waals surface area contributed by atoms with E-state index in [1.54, 1.807) is 25.1 Å². The lowest BCUT2D eigenvalue weighted by atomic mass is 10.1. The van der Waals surface area contributed by atoms with E-state index in [2.05, 4.69) is 64.1 Å². The van der Waals surface area contributed by atoms with E-state index in [0.717, 1.165) is 24.9 Å². The van der Waals surface area contributed by atoms with Crippen molar-refractivity contribution in [1.82, 2.24) is 25.4 Å². The molecule has 0 saturated carbocycles. The molecule has 2 N–H and O–H groups in total. The van der Waals surface area contributed by atoms with Crippen molar-refractivity contribution in [3.8, 4) is 0 Å². The van der Waals surface area contributed by atoms with Crippen LogP contribution in [0.25, 0.3) is 0 Å². The number of benzene rings is 1. The fraction of sp³-hybridized carbons (Fsp3) is 0.438. The van der Waals surface area contributed by atoms with Crippen molar-refractivity contribution in [2.24, 2.45) is 4.99 Å². The second-order valence-corrected chi connectivity index (χ2v) is 5.98. The molecule has 0 fully saturated rings. The van der Waals surface area contributed by atoms with Gasteiger partial charge in [0.15, 0.2) is 11.8 Å². The molecule has 2 rings (SSSR count). The molecule has 23 heavy (non-hydrogen) atoms. The van der Waals surface area contributed by atoms with Crippen LogP contribution in [0.15, 0.2) is 34.4 Å². The molecule has 0 radical (unpaired) electrons. The quantitative estimate of drug-likeness (QED) is 0.482. The van der Waals surface area contributed by atoms with Crippen molar-refractivity contribution < 1.29 is 0 Å². The normalized spacial score (nSPS) is 11.6. The van der Waals surface area contributed by atoms with E-state index in [9.17, 15) is 0 Å². The number of guanidine groups is 1. The number of hydrogen-bond acceptors (Lipinski definition) is 4. The van der Waals surface area contributed by atoms with Crippen LogP contribution in [-0.2, 0) is 19.6 Å². The van der Waals surface area contributed by atoms with Crippen LogP contribution in [0.4, 0.5) is 0 Å². The molecule has 1 heterocycles. The van der Waals surface area contributed by atoms with Crippen molar-refractivity contribution in [3.05, 3.63) is 41.5 Å². The number of hydrogen-bond donors (Lipinski definition) is 2. The Kier molecular flexibility index (Phi) is 6.46. The summed E-state index contributed by atoms with van der Waals surface area (Å²) in [5, 5.41) is 14.7. The van der Waals surface area contributed by atoms with Gasteiger partial charge in [-0.05, 0) is 37.3 Å². The Morgan fingerprint density at radius 1 is 1.30 bits per heavy atom. The maximum atomic E-state index is 4.26. The summed E-state index contributed by atoms with van der Waals surface area (Å²) in [6.07, 6.45) is 3.84. The number of rotatable bonds is 6. The minimum absolute atomic E-state index is 0.594. The van der Waals surface area contributed by atoms with Gasteiger partial charge in [-0.25, -0.2) is 0 Å². The van der Waals surface area contributed by atoms with Gasteiger partial charge < -0.3 is 15.2 Å². The predicted molar refractivity (Wildman–Crippen MR) is 95.7 cm³/mol. The van der Waals surface area contributed by atoms with Gasteiger partial charge >= 0.3 is 0 Å². The van der Waals surface area contributed by atoms with Crippen molar-refractivity contribution in [3.63, 3.8) is 0 Å². The summed E-state index contributed by atoms with van der Waals surface area (Å²) >= 11 is 1.76. The molecule has 0 unspecified atom stereocenters. The zero-order valence-electron chi connectivity index (χ0n) is 14.1. The van der Waals surface area contributed by atoms with E-state index >= 15 is 0 Å². The van der Waals surface area contributed by atoms with Gasteiger partial charge in [-0.3, -0.25) is 4.99 Å². The lowest BCUT2D eigenvalue weighted by molar-refractivity contribution is 0.669. The minimum Gasteiger partial charge on any atom is -0.352 e. The second kappa shape index (κ2) is 8.57. The Balaban J connectivity index is 1.93. The number of aliphatic imine (C=N–C) groups is 1. The average Bonchev–Trinajstić information content (AvgIpc) is 3.03. The third-order valence-electron chi connectivity index (χ3n) is 3.56. The Hall–Kier alpha value is -2.02. The summed E-state index contributed by atoms with van der Waals surface area (Å²) in [5.41, 5.74) is 2.54. The van der Waals surface area contributed by atoms with Crippen LogP contribution in [0, 0.1) is 6.92 Å². The number of aryl methyl sites for hydroxylation is 2. The molecule has 0 spiro atoms. The SMILES string of the molecule is CCn1cnnc1CNC(=NC)NCc1ccc(C)cc1SC. The topological polar surface area (TPSA) is 67.1 Å². The van der Waals surface area contributed by atoms with Crippen LogP contribution < -0.4 is 10.6 Å². The Morgan fingerprint density at radius 2 is 2.09 bits per heavy atom. The predicted octanol–water partition coefficient (Wildman–Crippen LogP) is 2.19. The largest absolute Gasteiger partial charge is 0.352 e. The molecule has 0 atom stereocenters. The third kappa shape index (κ3) is 4.72. The zero-order valence-corrected chi connectivity index (χ0v) is 14.9. The highest BCUT2D eigenvalue weighted by Crippen LogP contribution is 2.21. The molecule has 2 aromatic rings. The smallest absolute Gasteiger partial charge is 0.191 e. The van der Waals surface area contributed by atoms with Gasteiger partial charge in [0.05, 0.1) is 6.54 Å². The lowest BCUT2D eigenvalue weighted by Gasteiger charge is -2.14. The van der Waals surface area contributed by atoms with E-state index in [1.807, 2.05) is 4.57 Å². The molecular weight excluding hydrogens is 308 g/mol. The molecule has 0 aliphatic rings. The van der Waals surface area contributed by atoms with Gasteiger partial charge in [0.25, 0.3) is 0 Å². The van der Waals surface area contributed by atoms with Crippen molar-refractivity contribution in [2.45, 2.75) is 38.4 Å².